The van der Waals surface area contributed by atoms with Crippen LogP contribution in [0.25, 0.3) is 0 Å². The van der Waals surface area contributed by atoms with Crippen molar-refractivity contribution in [3.63, 3.8) is 0 Å². The van der Waals surface area contributed by atoms with E-state index >= 15 is 0 Å². The van der Waals surface area contributed by atoms with Crippen LogP contribution in [0, 0.1) is 19.3 Å². The van der Waals surface area contributed by atoms with E-state index in [1.165, 1.54) is 49.7 Å². The molecule has 1 saturated carbocycles. The van der Waals surface area contributed by atoms with Crippen LogP contribution in [0.1, 0.15) is 48.8 Å². The van der Waals surface area contributed by atoms with Gasteiger partial charge in [0.05, 0.1) is 0 Å². The van der Waals surface area contributed by atoms with Crippen LogP contribution in [0.4, 0.5) is 0 Å². The lowest BCUT2D eigenvalue weighted by Gasteiger charge is -2.37. The Morgan fingerprint density at radius 3 is 2.18 bits per heavy atom. The van der Waals surface area contributed by atoms with Crippen LogP contribution in [0.2, 0.25) is 0 Å². The van der Waals surface area contributed by atoms with Gasteiger partial charge < -0.3 is 5.73 Å². The van der Waals surface area contributed by atoms with Gasteiger partial charge >= 0.3 is 0 Å². The molecule has 1 aromatic rings. The highest BCUT2D eigenvalue weighted by atomic mass is 14.6. The third-order valence-corrected chi connectivity index (χ3v) is 4.54. The molecule has 1 aliphatic carbocycles. The minimum atomic E-state index is 0.384. The molecule has 17 heavy (non-hydrogen) atoms. The molecule has 2 N–H and O–H groups in total. The molecular weight excluding hydrogens is 206 g/mol. The second kappa shape index (κ2) is 5.22. The Labute approximate surface area is 105 Å². The van der Waals surface area contributed by atoms with Gasteiger partial charge in [0.15, 0.2) is 0 Å². The van der Waals surface area contributed by atoms with Gasteiger partial charge in [-0.05, 0) is 61.8 Å². The molecule has 0 aromatic heterocycles. The maximum atomic E-state index is 6.09. The summed E-state index contributed by atoms with van der Waals surface area (Å²) in [6.45, 7) is 5.31. The lowest BCUT2D eigenvalue weighted by molar-refractivity contribution is 0.197. The summed E-state index contributed by atoms with van der Waals surface area (Å²) in [6.07, 6.45) is 7.94. The van der Waals surface area contributed by atoms with Crippen LogP contribution < -0.4 is 5.73 Å². The summed E-state index contributed by atoms with van der Waals surface area (Å²) < 4.78 is 0. The Kier molecular flexibility index (Phi) is 3.88. The highest BCUT2D eigenvalue weighted by Gasteiger charge is 2.31. The van der Waals surface area contributed by atoms with Crippen molar-refractivity contribution >= 4 is 0 Å². The van der Waals surface area contributed by atoms with E-state index in [-0.39, 0.29) is 0 Å². The molecule has 0 atom stereocenters. The summed E-state index contributed by atoms with van der Waals surface area (Å²) in [6, 6.07) is 6.62. The first-order valence-electron chi connectivity index (χ1n) is 6.92. The molecule has 1 nitrogen and oxygen atoms in total. The molecule has 0 heterocycles. The van der Waals surface area contributed by atoms with E-state index in [1.807, 2.05) is 0 Å². The number of benzene rings is 1. The van der Waals surface area contributed by atoms with Crippen LogP contribution in [-0.2, 0) is 6.42 Å². The maximum Gasteiger partial charge on any atom is -0.00173 e. The van der Waals surface area contributed by atoms with Gasteiger partial charge in [-0.2, -0.15) is 0 Å². The largest absolute Gasteiger partial charge is 0.330 e. The van der Waals surface area contributed by atoms with Crippen LogP contribution in [0.5, 0.6) is 0 Å². The number of hydrogen-bond donors (Lipinski definition) is 1. The maximum absolute atomic E-state index is 6.09. The molecular formula is C16H25N. The van der Waals surface area contributed by atoms with Crippen molar-refractivity contribution in [3.05, 3.63) is 34.9 Å². The second-order valence-electron chi connectivity index (χ2n) is 5.81. The first-order valence-corrected chi connectivity index (χ1v) is 6.92. The standard InChI is InChI=1S/C16H25N/c1-13-7-6-8-14(2)15(13)11-16(12-17)9-4-3-5-10-16/h6-8H,3-5,9-12,17H2,1-2H3. The molecule has 1 aromatic carbocycles. The van der Waals surface area contributed by atoms with Gasteiger partial charge in [0.1, 0.15) is 0 Å². The van der Waals surface area contributed by atoms with Gasteiger partial charge in [0.25, 0.3) is 0 Å². The third kappa shape index (κ3) is 2.71. The molecule has 0 radical (unpaired) electrons. The molecule has 1 aliphatic rings. The molecule has 0 aliphatic heterocycles. The summed E-state index contributed by atoms with van der Waals surface area (Å²) in [7, 11) is 0. The molecule has 1 heteroatoms. The number of rotatable bonds is 3. The van der Waals surface area contributed by atoms with Gasteiger partial charge in [-0.25, -0.2) is 0 Å². The van der Waals surface area contributed by atoms with Gasteiger partial charge in [0.2, 0.25) is 0 Å². The van der Waals surface area contributed by atoms with E-state index < -0.39 is 0 Å². The van der Waals surface area contributed by atoms with Gasteiger partial charge in [-0.1, -0.05) is 37.5 Å². The van der Waals surface area contributed by atoms with Gasteiger partial charge in [-0.15, -0.1) is 0 Å². The lowest BCUT2D eigenvalue weighted by atomic mass is 9.69. The first-order chi connectivity index (χ1) is 8.17. The molecule has 2 rings (SSSR count). The number of hydrogen-bond acceptors (Lipinski definition) is 1. The zero-order valence-electron chi connectivity index (χ0n) is 11.3. The highest BCUT2D eigenvalue weighted by Crippen LogP contribution is 2.39. The molecule has 94 valence electrons. The van der Waals surface area contributed by atoms with Crippen molar-refractivity contribution in [1.82, 2.24) is 0 Å². The van der Waals surface area contributed by atoms with Crippen LogP contribution in [0.15, 0.2) is 18.2 Å². The molecule has 1 fully saturated rings. The average Bonchev–Trinajstić information content (AvgIpc) is 2.35. The van der Waals surface area contributed by atoms with Crippen LogP contribution in [-0.4, -0.2) is 6.54 Å². The number of aryl methyl sites for hydroxylation is 2. The Balaban J connectivity index is 2.23. The van der Waals surface area contributed by atoms with Crippen molar-refractivity contribution in [1.29, 1.82) is 0 Å². The average molecular weight is 231 g/mol. The zero-order chi connectivity index (χ0) is 12.3. The predicted molar refractivity (Wildman–Crippen MR) is 74.2 cm³/mol. The zero-order valence-corrected chi connectivity index (χ0v) is 11.3. The Bertz CT molecular complexity index is 355. The van der Waals surface area contributed by atoms with Crippen molar-refractivity contribution < 1.29 is 0 Å². The fourth-order valence-corrected chi connectivity index (χ4v) is 3.26. The fourth-order valence-electron chi connectivity index (χ4n) is 3.26. The summed E-state index contributed by atoms with van der Waals surface area (Å²) in [5.41, 5.74) is 10.9. The van der Waals surface area contributed by atoms with E-state index in [4.69, 9.17) is 5.73 Å². The summed E-state index contributed by atoms with van der Waals surface area (Å²) in [5.74, 6) is 0. The summed E-state index contributed by atoms with van der Waals surface area (Å²) in [4.78, 5) is 0. The lowest BCUT2D eigenvalue weighted by Crippen LogP contribution is -2.35. The van der Waals surface area contributed by atoms with Crippen molar-refractivity contribution in [2.75, 3.05) is 6.54 Å². The van der Waals surface area contributed by atoms with Gasteiger partial charge in [0, 0.05) is 0 Å². The fraction of sp³-hybridized carbons (Fsp3) is 0.625. The van der Waals surface area contributed by atoms with Crippen molar-refractivity contribution in [3.8, 4) is 0 Å². The summed E-state index contributed by atoms with van der Waals surface area (Å²) >= 11 is 0. The van der Waals surface area contributed by atoms with E-state index in [9.17, 15) is 0 Å². The predicted octanol–water partition coefficient (Wildman–Crippen LogP) is 3.76. The van der Waals surface area contributed by atoms with Crippen LogP contribution in [0.3, 0.4) is 0 Å². The summed E-state index contributed by atoms with van der Waals surface area (Å²) in [5, 5.41) is 0. The smallest absolute Gasteiger partial charge is 0.00173 e. The normalized spacial score (nSPS) is 19.2. The van der Waals surface area contributed by atoms with E-state index in [2.05, 4.69) is 32.0 Å². The molecule has 0 bridgehead atoms. The Hall–Kier alpha value is -0.820. The van der Waals surface area contributed by atoms with Crippen LogP contribution >= 0.6 is 0 Å². The van der Waals surface area contributed by atoms with Gasteiger partial charge in [-0.3, -0.25) is 0 Å². The second-order valence-corrected chi connectivity index (χ2v) is 5.81. The monoisotopic (exact) mass is 231 g/mol. The molecule has 0 unspecified atom stereocenters. The van der Waals surface area contributed by atoms with E-state index in [0.717, 1.165) is 6.54 Å². The minimum absolute atomic E-state index is 0.384. The van der Waals surface area contributed by atoms with E-state index in [0.29, 0.717) is 5.41 Å². The molecule has 0 saturated heterocycles. The van der Waals surface area contributed by atoms with Crippen molar-refractivity contribution in [2.45, 2.75) is 52.4 Å². The SMILES string of the molecule is Cc1cccc(C)c1CC1(CN)CCCCC1. The number of nitrogens with two attached hydrogens (primary N) is 1. The Morgan fingerprint density at radius 1 is 1.06 bits per heavy atom. The minimum Gasteiger partial charge on any atom is -0.330 e. The quantitative estimate of drug-likeness (QED) is 0.842. The Morgan fingerprint density at radius 2 is 1.65 bits per heavy atom. The first kappa shape index (κ1) is 12.6. The molecule has 0 amide bonds. The third-order valence-electron chi connectivity index (χ3n) is 4.54. The van der Waals surface area contributed by atoms with Crippen molar-refractivity contribution in [2.24, 2.45) is 11.1 Å². The van der Waals surface area contributed by atoms with E-state index in [1.54, 1.807) is 5.56 Å². The highest BCUT2D eigenvalue weighted by molar-refractivity contribution is 5.34. The molecule has 0 spiro atoms. The topological polar surface area (TPSA) is 26.0 Å².